The van der Waals surface area contributed by atoms with E-state index >= 15 is 0 Å². The van der Waals surface area contributed by atoms with E-state index in [1.54, 1.807) is 0 Å². The van der Waals surface area contributed by atoms with Gasteiger partial charge in [-0.3, -0.25) is 0 Å². The molecule has 1 aliphatic rings. The predicted octanol–water partition coefficient (Wildman–Crippen LogP) is 1.63. The van der Waals surface area contributed by atoms with Crippen LogP contribution in [-0.2, 0) is 4.74 Å². The van der Waals surface area contributed by atoms with Gasteiger partial charge in [0.2, 0.25) is 0 Å². The molecule has 0 aromatic carbocycles. The maximum Gasteiger partial charge on any atom is 0.0507 e. The summed E-state index contributed by atoms with van der Waals surface area (Å²) in [4.78, 5) is 0. The Balaban J connectivity index is 2.15. The lowest BCUT2D eigenvalue weighted by atomic mass is 10.1. The summed E-state index contributed by atoms with van der Waals surface area (Å²) in [6, 6.07) is 0. The first kappa shape index (κ1) is 10.3. The third kappa shape index (κ3) is 3.30. The van der Waals surface area contributed by atoms with Crippen LogP contribution in [0.25, 0.3) is 0 Å². The van der Waals surface area contributed by atoms with E-state index in [4.69, 9.17) is 16.3 Å². The third-order valence-corrected chi connectivity index (χ3v) is 2.90. The number of alkyl halides is 1. The van der Waals surface area contributed by atoms with Gasteiger partial charge >= 0.3 is 0 Å². The fraction of sp³-hybridized carbons (Fsp3) is 1.00. The molecule has 0 saturated carbocycles. The van der Waals surface area contributed by atoms with E-state index in [0.717, 1.165) is 19.8 Å². The molecule has 1 aliphatic heterocycles. The molecule has 0 aromatic rings. The number of hydrogen-bond acceptors (Lipinski definition) is 2. The Labute approximate surface area is 79.6 Å². The largest absolute Gasteiger partial charge is 0.381 e. The Kier molecular flexibility index (Phi) is 3.81. The molecular weight excluding hydrogens is 174 g/mol. The molecule has 1 atom stereocenters. The van der Waals surface area contributed by atoms with Gasteiger partial charge in [-0.15, -0.1) is 11.6 Å². The van der Waals surface area contributed by atoms with Crippen molar-refractivity contribution in [1.82, 2.24) is 5.32 Å². The highest BCUT2D eigenvalue weighted by atomic mass is 35.5. The van der Waals surface area contributed by atoms with E-state index in [1.165, 1.54) is 6.42 Å². The van der Waals surface area contributed by atoms with Gasteiger partial charge in [-0.2, -0.15) is 0 Å². The molecule has 1 unspecified atom stereocenters. The fourth-order valence-corrected chi connectivity index (χ4v) is 1.31. The van der Waals surface area contributed by atoms with Crippen molar-refractivity contribution in [2.75, 3.05) is 25.6 Å². The zero-order valence-corrected chi connectivity index (χ0v) is 8.66. The molecule has 0 spiro atoms. The Bertz CT molecular complexity index is 132. The molecule has 0 aromatic heterocycles. The van der Waals surface area contributed by atoms with Gasteiger partial charge in [-0.25, -0.2) is 0 Å². The summed E-state index contributed by atoms with van der Waals surface area (Å²) >= 11 is 5.78. The van der Waals surface area contributed by atoms with Gasteiger partial charge in [-0.05, 0) is 26.2 Å². The van der Waals surface area contributed by atoms with Crippen LogP contribution in [0.5, 0.6) is 0 Å². The first-order valence-electron chi connectivity index (χ1n) is 4.53. The van der Waals surface area contributed by atoms with E-state index in [9.17, 15) is 0 Å². The second-order valence-electron chi connectivity index (χ2n) is 4.13. The lowest BCUT2D eigenvalue weighted by Crippen LogP contribution is -2.43. The number of halogens is 1. The van der Waals surface area contributed by atoms with Crippen LogP contribution >= 0.6 is 11.6 Å². The second kappa shape index (κ2) is 4.45. The maximum atomic E-state index is 5.78. The topological polar surface area (TPSA) is 21.3 Å². The van der Waals surface area contributed by atoms with Crippen molar-refractivity contribution in [2.45, 2.75) is 25.8 Å². The SMILES string of the molecule is CC(C)(CCl)NCC1CCOC1. The van der Waals surface area contributed by atoms with Crippen molar-refractivity contribution >= 4 is 11.6 Å². The first-order chi connectivity index (χ1) is 5.64. The summed E-state index contributed by atoms with van der Waals surface area (Å²) in [5.74, 6) is 1.34. The van der Waals surface area contributed by atoms with E-state index < -0.39 is 0 Å². The summed E-state index contributed by atoms with van der Waals surface area (Å²) in [7, 11) is 0. The van der Waals surface area contributed by atoms with Crippen molar-refractivity contribution in [3.05, 3.63) is 0 Å². The first-order valence-corrected chi connectivity index (χ1v) is 5.06. The maximum absolute atomic E-state index is 5.78. The van der Waals surface area contributed by atoms with Crippen LogP contribution in [0.4, 0.5) is 0 Å². The summed E-state index contributed by atoms with van der Waals surface area (Å²) < 4.78 is 5.28. The molecule has 12 heavy (non-hydrogen) atoms. The van der Waals surface area contributed by atoms with Crippen molar-refractivity contribution in [3.63, 3.8) is 0 Å². The predicted molar refractivity (Wildman–Crippen MR) is 51.7 cm³/mol. The van der Waals surface area contributed by atoms with E-state index in [1.807, 2.05) is 0 Å². The van der Waals surface area contributed by atoms with Gasteiger partial charge in [0, 0.05) is 24.6 Å². The Morgan fingerprint density at radius 3 is 2.83 bits per heavy atom. The van der Waals surface area contributed by atoms with Crippen molar-refractivity contribution in [3.8, 4) is 0 Å². The minimum Gasteiger partial charge on any atom is -0.381 e. The fourth-order valence-electron chi connectivity index (χ4n) is 1.21. The highest BCUT2D eigenvalue weighted by molar-refractivity contribution is 6.18. The molecule has 1 heterocycles. The Hall–Kier alpha value is 0.210. The molecule has 72 valence electrons. The average Bonchev–Trinajstić information content (AvgIpc) is 2.53. The lowest BCUT2D eigenvalue weighted by molar-refractivity contribution is 0.183. The summed E-state index contributed by atoms with van der Waals surface area (Å²) in [6.45, 7) is 7.10. The van der Waals surface area contributed by atoms with Gasteiger partial charge in [0.25, 0.3) is 0 Å². The summed E-state index contributed by atoms with van der Waals surface area (Å²) in [5, 5.41) is 3.44. The van der Waals surface area contributed by atoms with Crippen LogP contribution in [-0.4, -0.2) is 31.2 Å². The average molecular weight is 192 g/mol. The molecule has 1 rings (SSSR count). The molecule has 0 aliphatic carbocycles. The third-order valence-electron chi connectivity index (χ3n) is 2.23. The van der Waals surface area contributed by atoms with Gasteiger partial charge in [0.15, 0.2) is 0 Å². The van der Waals surface area contributed by atoms with Crippen molar-refractivity contribution in [2.24, 2.45) is 5.92 Å². The van der Waals surface area contributed by atoms with Crippen LogP contribution in [0, 0.1) is 5.92 Å². The Morgan fingerprint density at radius 2 is 2.33 bits per heavy atom. The standard InChI is InChI=1S/C9H18ClNO/c1-9(2,7-10)11-5-8-3-4-12-6-8/h8,11H,3-7H2,1-2H3. The smallest absolute Gasteiger partial charge is 0.0507 e. The quantitative estimate of drug-likeness (QED) is 0.683. The molecule has 1 N–H and O–H groups in total. The molecule has 1 saturated heterocycles. The molecular formula is C9H18ClNO. The molecule has 2 nitrogen and oxygen atoms in total. The highest BCUT2D eigenvalue weighted by Gasteiger charge is 2.20. The van der Waals surface area contributed by atoms with Crippen LogP contribution < -0.4 is 5.32 Å². The normalized spacial score (nSPS) is 24.8. The van der Waals surface area contributed by atoms with Gasteiger partial charge in [-0.1, -0.05) is 0 Å². The molecule has 0 radical (unpaired) electrons. The van der Waals surface area contributed by atoms with E-state index in [2.05, 4.69) is 19.2 Å². The number of ether oxygens (including phenoxy) is 1. The zero-order valence-electron chi connectivity index (χ0n) is 7.90. The van der Waals surface area contributed by atoms with Gasteiger partial charge < -0.3 is 10.1 Å². The number of rotatable bonds is 4. The summed E-state index contributed by atoms with van der Waals surface area (Å²) in [5.41, 5.74) is 0.0597. The molecule has 0 amide bonds. The Morgan fingerprint density at radius 1 is 1.58 bits per heavy atom. The van der Waals surface area contributed by atoms with Gasteiger partial charge in [0.05, 0.1) is 6.61 Å². The minimum absolute atomic E-state index is 0.0597. The van der Waals surface area contributed by atoms with Crippen molar-refractivity contribution < 1.29 is 4.74 Å². The van der Waals surface area contributed by atoms with Gasteiger partial charge in [0.1, 0.15) is 0 Å². The van der Waals surface area contributed by atoms with E-state index in [0.29, 0.717) is 11.8 Å². The van der Waals surface area contributed by atoms with Crippen LogP contribution in [0.15, 0.2) is 0 Å². The van der Waals surface area contributed by atoms with Crippen LogP contribution in [0.2, 0.25) is 0 Å². The van der Waals surface area contributed by atoms with E-state index in [-0.39, 0.29) is 5.54 Å². The molecule has 3 heteroatoms. The zero-order chi connectivity index (χ0) is 9.03. The minimum atomic E-state index is 0.0597. The van der Waals surface area contributed by atoms with Crippen LogP contribution in [0.1, 0.15) is 20.3 Å². The van der Waals surface area contributed by atoms with Crippen molar-refractivity contribution in [1.29, 1.82) is 0 Å². The molecule has 0 bridgehead atoms. The lowest BCUT2D eigenvalue weighted by Gasteiger charge is -2.24. The summed E-state index contributed by atoms with van der Waals surface area (Å²) in [6.07, 6.45) is 1.19. The van der Waals surface area contributed by atoms with Crippen LogP contribution in [0.3, 0.4) is 0 Å². The number of nitrogens with one attached hydrogen (secondary N) is 1. The monoisotopic (exact) mass is 191 g/mol. The number of hydrogen-bond donors (Lipinski definition) is 1. The highest BCUT2D eigenvalue weighted by Crippen LogP contribution is 2.13. The molecule has 1 fully saturated rings. The second-order valence-corrected chi connectivity index (χ2v) is 4.40.